The summed E-state index contributed by atoms with van der Waals surface area (Å²) in [5.74, 6) is -1.73. The molecule has 0 amide bonds. The predicted octanol–water partition coefficient (Wildman–Crippen LogP) is 3.27. The largest absolute Gasteiger partial charge is 0.478 e. The van der Waals surface area contributed by atoms with Gasteiger partial charge in [-0.1, -0.05) is 5.16 Å². The third-order valence-corrected chi connectivity index (χ3v) is 7.37. The van der Waals surface area contributed by atoms with E-state index in [0.717, 1.165) is 49.2 Å². The van der Waals surface area contributed by atoms with Gasteiger partial charge in [0.05, 0.1) is 5.69 Å². The second-order valence-electron chi connectivity index (χ2n) is 9.80. The maximum absolute atomic E-state index is 13.5. The molecule has 1 fully saturated rings. The fraction of sp³-hybridized carbons (Fsp3) is 0.444. The number of carbonyl (C=O) groups is 2. The number of rotatable bonds is 7. The van der Waals surface area contributed by atoms with Crippen molar-refractivity contribution in [1.82, 2.24) is 19.6 Å². The summed E-state index contributed by atoms with van der Waals surface area (Å²) in [5, 5.41) is 13.8. The molecule has 1 N–H and O–H groups in total. The van der Waals surface area contributed by atoms with Crippen LogP contribution in [0, 0.1) is 12.7 Å². The zero-order chi connectivity index (χ0) is 26.8. The van der Waals surface area contributed by atoms with E-state index in [-0.39, 0.29) is 17.3 Å². The van der Waals surface area contributed by atoms with E-state index in [2.05, 4.69) is 15.0 Å². The summed E-state index contributed by atoms with van der Waals surface area (Å²) in [7, 11) is 0. The topological polar surface area (TPSA) is 128 Å². The van der Waals surface area contributed by atoms with Crippen LogP contribution >= 0.6 is 0 Å². The minimum absolute atomic E-state index is 0.120. The van der Waals surface area contributed by atoms with Gasteiger partial charge in [0.15, 0.2) is 17.5 Å². The number of aliphatic carboxylic acids is 1. The van der Waals surface area contributed by atoms with Crippen LogP contribution in [0.1, 0.15) is 60.5 Å². The van der Waals surface area contributed by atoms with Gasteiger partial charge in [-0.25, -0.2) is 19.0 Å². The summed E-state index contributed by atoms with van der Waals surface area (Å²) in [6.07, 6.45) is 4.38. The van der Waals surface area contributed by atoms with Gasteiger partial charge in [0.1, 0.15) is 5.82 Å². The highest BCUT2D eigenvalue weighted by Gasteiger charge is 2.29. The first-order valence-corrected chi connectivity index (χ1v) is 12.8. The molecule has 0 bridgehead atoms. The number of aryl methyl sites for hydroxylation is 1. The summed E-state index contributed by atoms with van der Waals surface area (Å²) in [4.78, 5) is 42.9. The van der Waals surface area contributed by atoms with Crippen molar-refractivity contribution in [2.24, 2.45) is 0 Å². The molecule has 10 nitrogen and oxygen atoms in total. The van der Waals surface area contributed by atoms with E-state index in [0.29, 0.717) is 55.0 Å². The number of ether oxygens (including phenoxy) is 1. The summed E-state index contributed by atoms with van der Waals surface area (Å²) in [6, 6.07) is 4.51. The standard InChI is InChI=1S/C27H29FN4O6/c1-16-19(27(36)32-11-2-3-21(26(32)29-16)37-24(35)7-6-23(33)34)10-14-31-12-8-17(9-13-31)25-20-5-4-18(28)15-22(20)38-30-25/h4-7,15,17,21H,2-3,8-14H2,1H3,(H,33,34)/b7-6+. The first-order valence-electron chi connectivity index (χ1n) is 12.8. The quantitative estimate of drug-likeness (QED) is 0.366. The molecular formula is C27H29FN4O6. The van der Waals surface area contributed by atoms with Gasteiger partial charge in [0, 0.05) is 53.9 Å². The molecule has 0 radical (unpaired) electrons. The number of benzene rings is 1. The number of likely N-dealkylation sites (tertiary alicyclic amines) is 1. The minimum atomic E-state index is -1.24. The maximum Gasteiger partial charge on any atom is 0.331 e. The number of carboxylic acid groups (broad SMARTS) is 1. The molecule has 1 aromatic carbocycles. The summed E-state index contributed by atoms with van der Waals surface area (Å²) in [6.45, 7) is 4.70. The van der Waals surface area contributed by atoms with E-state index >= 15 is 0 Å². The highest BCUT2D eigenvalue weighted by Crippen LogP contribution is 2.33. The molecule has 0 aliphatic carbocycles. The zero-order valence-corrected chi connectivity index (χ0v) is 21.1. The number of carbonyl (C=O) groups excluding carboxylic acids is 1. The van der Waals surface area contributed by atoms with Gasteiger partial charge >= 0.3 is 11.9 Å². The fourth-order valence-corrected chi connectivity index (χ4v) is 5.39. The average Bonchev–Trinajstić information content (AvgIpc) is 3.31. The molecule has 1 unspecified atom stereocenters. The third-order valence-electron chi connectivity index (χ3n) is 7.37. The van der Waals surface area contributed by atoms with Crippen LogP contribution in [0.15, 0.2) is 39.7 Å². The molecule has 0 saturated carbocycles. The van der Waals surface area contributed by atoms with Crippen LogP contribution in [0.4, 0.5) is 4.39 Å². The number of fused-ring (bicyclic) bond motifs is 2. The van der Waals surface area contributed by atoms with E-state index in [9.17, 15) is 18.8 Å². The molecule has 38 heavy (non-hydrogen) atoms. The summed E-state index contributed by atoms with van der Waals surface area (Å²) in [5.41, 5.74) is 2.48. The van der Waals surface area contributed by atoms with Gasteiger partial charge < -0.3 is 19.3 Å². The smallest absolute Gasteiger partial charge is 0.331 e. The van der Waals surface area contributed by atoms with Gasteiger partial charge in [-0.3, -0.25) is 9.36 Å². The van der Waals surface area contributed by atoms with Gasteiger partial charge in [0.25, 0.3) is 5.56 Å². The lowest BCUT2D eigenvalue weighted by Gasteiger charge is -2.31. The Kier molecular flexibility index (Phi) is 7.37. The number of halogens is 1. The Labute approximate surface area is 217 Å². The SMILES string of the molecule is Cc1nc2n(c(=O)c1CCN1CCC(c3noc4cc(F)ccc34)CC1)CCCC2OC(=O)/C=C/C(=O)O. The monoisotopic (exact) mass is 524 g/mol. The Morgan fingerprint density at radius 2 is 2.00 bits per heavy atom. The van der Waals surface area contributed by atoms with Gasteiger partial charge in [0.2, 0.25) is 0 Å². The van der Waals surface area contributed by atoms with E-state index in [1.807, 2.05) is 0 Å². The van der Waals surface area contributed by atoms with E-state index in [1.54, 1.807) is 17.6 Å². The Balaban J connectivity index is 1.22. The number of aromatic nitrogens is 3. The summed E-state index contributed by atoms with van der Waals surface area (Å²) < 4.78 is 25.8. The van der Waals surface area contributed by atoms with Crippen molar-refractivity contribution >= 4 is 22.9 Å². The average molecular weight is 525 g/mol. The molecule has 11 heteroatoms. The molecule has 1 atom stereocenters. The Hall–Kier alpha value is -3.86. The summed E-state index contributed by atoms with van der Waals surface area (Å²) >= 11 is 0. The molecule has 2 aliphatic rings. The first kappa shape index (κ1) is 25.8. The molecule has 0 spiro atoms. The van der Waals surface area contributed by atoms with Crippen LogP contribution in [0.25, 0.3) is 11.0 Å². The molecular weight excluding hydrogens is 495 g/mol. The van der Waals surface area contributed by atoms with Crippen LogP contribution in [0.3, 0.4) is 0 Å². The lowest BCUT2D eigenvalue weighted by molar-refractivity contribution is -0.145. The van der Waals surface area contributed by atoms with E-state index < -0.39 is 18.0 Å². The number of hydrogen-bond donors (Lipinski definition) is 1. The maximum atomic E-state index is 13.5. The molecule has 4 heterocycles. The molecule has 1 saturated heterocycles. The lowest BCUT2D eigenvalue weighted by atomic mass is 9.91. The number of carboxylic acids is 1. The van der Waals surface area contributed by atoms with Gasteiger partial charge in [-0.2, -0.15) is 0 Å². The van der Waals surface area contributed by atoms with E-state index in [1.165, 1.54) is 12.1 Å². The number of nitrogens with zero attached hydrogens (tertiary/aromatic N) is 4. The van der Waals surface area contributed by atoms with Crippen LogP contribution in [0.5, 0.6) is 0 Å². The van der Waals surface area contributed by atoms with Crippen molar-refractivity contribution < 1.29 is 28.3 Å². The van der Waals surface area contributed by atoms with Gasteiger partial charge in [-0.15, -0.1) is 0 Å². The van der Waals surface area contributed by atoms with Gasteiger partial charge in [-0.05, 0) is 64.3 Å². The Morgan fingerprint density at radius 3 is 2.76 bits per heavy atom. The van der Waals surface area contributed by atoms with Crippen molar-refractivity contribution in [2.75, 3.05) is 19.6 Å². The fourth-order valence-electron chi connectivity index (χ4n) is 5.39. The predicted molar refractivity (Wildman–Crippen MR) is 134 cm³/mol. The number of esters is 1. The van der Waals surface area contributed by atoms with Crippen molar-refractivity contribution in [3.8, 4) is 0 Å². The Bertz CT molecular complexity index is 1450. The molecule has 5 rings (SSSR count). The van der Waals surface area contributed by atoms with Crippen LogP contribution in [-0.2, 0) is 27.3 Å². The van der Waals surface area contributed by atoms with Crippen LogP contribution in [-0.4, -0.2) is 56.3 Å². The zero-order valence-electron chi connectivity index (χ0n) is 21.1. The lowest BCUT2D eigenvalue weighted by Crippen LogP contribution is -2.38. The third kappa shape index (κ3) is 5.38. The first-order chi connectivity index (χ1) is 18.3. The molecule has 2 aromatic heterocycles. The Morgan fingerprint density at radius 1 is 1.21 bits per heavy atom. The minimum Gasteiger partial charge on any atom is -0.478 e. The van der Waals surface area contributed by atoms with E-state index in [4.69, 9.17) is 14.4 Å². The van der Waals surface area contributed by atoms with Crippen LogP contribution in [0.2, 0.25) is 0 Å². The highest BCUT2D eigenvalue weighted by atomic mass is 19.1. The van der Waals surface area contributed by atoms with Crippen molar-refractivity contribution in [1.29, 1.82) is 0 Å². The van der Waals surface area contributed by atoms with Crippen molar-refractivity contribution in [3.05, 3.63) is 69.3 Å². The van der Waals surface area contributed by atoms with Crippen molar-refractivity contribution in [2.45, 2.75) is 57.6 Å². The second kappa shape index (κ2) is 10.9. The normalized spacial score (nSPS) is 18.6. The molecule has 200 valence electrons. The highest BCUT2D eigenvalue weighted by molar-refractivity contribution is 5.90. The second-order valence-corrected chi connectivity index (χ2v) is 9.80. The van der Waals surface area contributed by atoms with Crippen molar-refractivity contribution in [3.63, 3.8) is 0 Å². The number of hydrogen-bond acceptors (Lipinski definition) is 8. The number of piperidine rings is 1. The molecule has 3 aromatic rings. The molecule has 2 aliphatic heterocycles. The van der Waals surface area contributed by atoms with Crippen LogP contribution < -0.4 is 5.56 Å².